The lowest BCUT2D eigenvalue weighted by molar-refractivity contribution is 0.152. The number of methoxy groups -OCH3 is 2. The largest absolute Gasteiger partial charge is 0.493 e. The highest BCUT2D eigenvalue weighted by molar-refractivity contribution is 9.10. The molecule has 0 aromatic heterocycles. The van der Waals surface area contributed by atoms with Crippen LogP contribution < -0.4 is 20.1 Å². The zero-order valence-electron chi connectivity index (χ0n) is 14.2. The van der Waals surface area contributed by atoms with E-state index in [1.165, 1.54) is 0 Å². The van der Waals surface area contributed by atoms with Crippen LogP contribution in [0.3, 0.4) is 0 Å². The van der Waals surface area contributed by atoms with Crippen LogP contribution in [0.5, 0.6) is 11.5 Å². The molecule has 7 heteroatoms. The summed E-state index contributed by atoms with van der Waals surface area (Å²) < 4.78 is 16.8. The van der Waals surface area contributed by atoms with Crippen LogP contribution in [0.2, 0.25) is 0 Å². The van der Waals surface area contributed by atoms with Gasteiger partial charge in [-0.25, -0.2) is 4.99 Å². The maximum absolute atomic E-state index is 5.35. The molecule has 130 valence electrons. The second-order valence-corrected chi connectivity index (χ2v) is 5.49. The third kappa shape index (κ3) is 6.66. The van der Waals surface area contributed by atoms with Gasteiger partial charge in [-0.05, 0) is 47.5 Å². The molecule has 0 heterocycles. The van der Waals surface area contributed by atoms with Crippen LogP contribution in [0.4, 0.5) is 0 Å². The molecule has 0 amide bonds. The summed E-state index contributed by atoms with van der Waals surface area (Å²) in [5, 5.41) is 6.45. The van der Waals surface area contributed by atoms with Gasteiger partial charge in [-0.3, -0.25) is 0 Å². The number of nitrogens with zero attached hydrogens (tertiary/aromatic N) is 1. The van der Waals surface area contributed by atoms with Gasteiger partial charge in [0.15, 0.2) is 17.5 Å². The Morgan fingerprint density at radius 2 is 1.96 bits per heavy atom. The lowest BCUT2D eigenvalue weighted by atomic mass is 10.2. The summed E-state index contributed by atoms with van der Waals surface area (Å²) in [4.78, 5) is 4.58. The summed E-state index contributed by atoms with van der Waals surface area (Å²) in [6.45, 7) is 7.44. The summed E-state index contributed by atoms with van der Waals surface area (Å²) in [7, 11) is 3.24. The number of hydrogen-bond acceptors (Lipinski definition) is 4. The fourth-order valence-electron chi connectivity index (χ4n) is 1.96. The second kappa shape index (κ2) is 11.1. The van der Waals surface area contributed by atoms with Gasteiger partial charge in [-0.15, -0.1) is 0 Å². The number of guanidine groups is 1. The summed E-state index contributed by atoms with van der Waals surface area (Å²) in [5.41, 5.74) is 1.02. The lowest BCUT2D eigenvalue weighted by Gasteiger charge is -2.13. The molecule has 0 bridgehead atoms. The number of halogens is 1. The first-order valence-electron chi connectivity index (χ1n) is 7.66. The Balaban J connectivity index is 2.76. The Morgan fingerprint density at radius 1 is 1.17 bits per heavy atom. The summed E-state index contributed by atoms with van der Waals surface area (Å²) >= 11 is 3.49. The predicted octanol–water partition coefficient (Wildman–Crippen LogP) is 2.56. The molecule has 0 saturated heterocycles. The van der Waals surface area contributed by atoms with Crippen molar-refractivity contribution in [1.82, 2.24) is 10.6 Å². The summed E-state index contributed by atoms with van der Waals surface area (Å²) in [5.74, 6) is 2.13. The van der Waals surface area contributed by atoms with E-state index in [0.717, 1.165) is 35.7 Å². The molecule has 1 aromatic carbocycles. The maximum atomic E-state index is 5.35. The third-order valence-electron chi connectivity index (χ3n) is 3.00. The van der Waals surface area contributed by atoms with Crippen molar-refractivity contribution in [2.75, 3.05) is 40.5 Å². The van der Waals surface area contributed by atoms with E-state index in [-0.39, 0.29) is 0 Å². The molecule has 1 rings (SSSR count). The molecule has 0 aliphatic heterocycles. The SMILES string of the molecule is CCNC(=NCc1cc(Br)c(OC)c(OC)c1)NCCOCC. The van der Waals surface area contributed by atoms with Crippen molar-refractivity contribution in [2.24, 2.45) is 4.99 Å². The smallest absolute Gasteiger partial charge is 0.191 e. The van der Waals surface area contributed by atoms with Gasteiger partial charge in [0.1, 0.15) is 0 Å². The molecule has 0 unspecified atom stereocenters. The second-order valence-electron chi connectivity index (χ2n) is 4.63. The van der Waals surface area contributed by atoms with Crippen molar-refractivity contribution in [2.45, 2.75) is 20.4 Å². The quantitative estimate of drug-likeness (QED) is 0.387. The number of rotatable bonds is 9. The van der Waals surface area contributed by atoms with Crippen LogP contribution in [0.1, 0.15) is 19.4 Å². The zero-order valence-corrected chi connectivity index (χ0v) is 15.8. The Morgan fingerprint density at radius 3 is 2.57 bits per heavy atom. The van der Waals surface area contributed by atoms with Crippen molar-refractivity contribution in [3.63, 3.8) is 0 Å². The Labute approximate surface area is 146 Å². The van der Waals surface area contributed by atoms with E-state index in [9.17, 15) is 0 Å². The molecular weight excluding hydrogens is 362 g/mol. The van der Waals surface area contributed by atoms with Gasteiger partial charge < -0.3 is 24.8 Å². The molecule has 1 aromatic rings. The van der Waals surface area contributed by atoms with Gasteiger partial charge in [-0.1, -0.05) is 0 Å². The summed E-state index contributed by atoms with van der Waals surface area (Å²) in [6.07, 6.45) is 0. The van der Waals surface area contributed by atoms with Gasteiger partial charge in [0.2, 0.25) is 0 Å². The third-order valence-corrected chi connectivity index (χ3v) is 3.59. The molecule has 0 aliphatic rings. The van der Waals surface area contributed by atoms with E-state index in [1.807, 2.05) is 26.0 Å². The number of benzene rings is 1. The Bertz CT molecular complexity index is 510. The van der Waals surface area contributed by atoms with Crippen LogP contribution >= 0.6 is 15.9 Å². The monoisotopic (exact) mass is 387 g/mol. The first-order chi connectivity index (χ1) is 11.2. The number of ether oxygens (including phenoxy) is 3. The molecule has 23 heavy (non-hydrogen) atoms. The minimum Gasteiger partial charge on any atom is -0.493 e. The Hall–Kier alpha value is -1.47. The predicted molar refractivity (Wildman–Crippen MR) is 96.6 cm³/mol. The number of aliphatic imine (C=N–C) groups is 1. The molecule has 0 radical (unpaired) electrons. The van der Waals surface area contributed by atoms with Gasteiger partial charge in [-0.2, -0.15) is 0 Å². The highest BCUT2D eigenvalue weighted by Crippen LogP contribution is 2.36. The summed E-state index contributed by atoms with van der Waals surface area (Å²) in [6, 6.07) is 3.91. The molecule has 6 nitrogen and oxygen atoms in total. The molecule has 0 spiro atoms. The van der Waals surface area contributed by atoms with Crippen LogP contribution in [-0.2, 0) is 11.3 Å². The minimum atomic E-state index is 0.531. The average Bonchev–Trinajstić information content (AvgIpc) is 2.55. The van der Waals surface area contributed by atoms with Crippen molar-refractivity contribution in [3.05, 3.63) is 22.2 Å². The maximum Gasteiger partial charge on any atom is 0.191 e. The van der Waals surface area contributed by atoms with E-state index in [2.05, 4.69) is 31.6 Å². The van der Waals surface area contributed by atoms with Gasteiger partial charge in [0, 0.05) is 19.7 Å². The van der Waals surface area contributed by atoms with Crippen LogP contribution in [0.25, 0.3) is 0 Å². The first-order valence-corrected chi connectivity index (χ1v) is 8.45. The topological polar surface area (TPSA) is 64.1 Å². The number of nitrogens with one attached hydrogen (secondary N) is 2. The fourth-order valence-corrected chi connectivity index (χ4v) is 2.61. The first kappa shape index (κ1) is 19.6. The van der Waals surface area contributed by atoms with E-state index in [0.29, 0.717) is 24.7 Å². The standard InChI is InChI=1S/C16H26BrN3O3/c1-5-18-16(19-7-8-23-6-2)20-11-12-9-13(17)15(22-4)14(10-12)21-3/h9-10H,5-8,11H2,1-4H3,(H2,18,19,20). The minimum absolute atomic E-state index is 0.531. The van der Waals surface area contributed by atoms with E-state index < -0.39 is 0 Å². The molecule has 2 N–H and O–H groups in total. The van der Waals surface area contributed by atoms with Crippen molar-refractivity contribution < 1.29 is 14.2 Å². The molecule has 0 saturated carbocycles. The molecular formula is C16H26BrN3O3. The zero-order chi connectivity index (χ0) is 17.1. The van der Waals surface area contributed by atoms with Crippen LogP contribution in [0.15, 0.2) is 21.6 Å². The van der Waals surface area contributed by atoms with E-state index in [4.69, 9.17) is 14.2 Å². The van der Waals surface area contributed by atoms with Crippen molar-refractivity contribution in [1.29, 1.82) is 0 Å². The van der Waals surface area contributed by atoms with Crippen LogP contribution in [-0.4, -0.2) is 46.5 Å². The van der Waals surface area contributed by atoms with Crippen molar-refractivity contribution >= 4 is 21.9 Å². The molecule has 0 fully saturated rings. The van der Waals surface area contributed by atoms with Crippen LogP contribution in [0, 0.1) is 0 Å². The van der Waals surface area contributed by atoms with Crippen molar-refractivity contribution in [3.8, 4) is 11.5 Å². The highest BCUT2D eigenvalue weighted by Gasteiger charge is 2.10. The molecule has 0 aliphatic carbocycles. The highest BCUT2D eigenvalue weighted by atomic mass is 79.9. The normalized spacial score (nSPS) is 11.3. The van der Waals surface area contributed by atoms with E-state index in [1.54, 1.807) is 14.2 Å². The van der Waals surface area contributed by atoms with Gasteiger partial charge >= 0.3 is 0 Å². The number of hydrogen-bond donors (Lipinski definition) is 2. The lowest BCUT2D eigenvalue weighted by Crippen LogP contribution is -2.39. The fraction of sp³-hybridized carbons (Fsp3) is 0.562. The molecule has 0 atom stereocenters. The average molecular weight is 388 g/mol. The Kier molecular flexibility index (Phi) is 9.47. The van der Waals surface area contributed by atoms with Gasteiger partial charge in [0.05, 0.1) is 31.8 Å². The van der Waals surface area contributed by atoms with Gasteiger partial charge in [0.25, 0.3) is 0 Å². The van der Waals surface area contributed by atoms with E-state index >= 15 is 0 Å².